The Kier molecular flexibility index (Phi) is 2.70. The van der Waals surface area contributed by atoms with Crippen molar-refractivity contribution in [3.8, 4) is 5.69 Å². The standard InChI is InChI=1S/C17H17N3O/c1-19-16-15(13-9-5-6-10-14(13)17(19)21)11-18-20(16)12-7-3-2-4-8-12/h2-4,7-8,11H,5-6,9-10H2,1H3. The molecule has 1 aliphatic rings. The second kappa shape index (κ2) is 4.58. The molecule has 106 valence electrons. The van der Waals surface area contributed by atoms with Crippen LogP contribution >= 0.6 is 0 Å². The molecular weight excluding hydrogens is 262 g/mol. The van der Waals surface area contributed by atoms with Crippen LogP contribution in [-0.2, 0) is 19.9 Å². The molecule has 4 nitrogen and oxygen atoms in total. The average Bonchev–Trinajstić information content (AvgIpc) is 2.99. The number of para-hydroxylation sites is 1. The third kappa shape index (κ3) is 1.75. The minimum absolute atomic E-state index is 0.134. The lowest BCUT2D eigenvalue weighted by atomic mass is 9.91. The van der Waals surface area contributed by atoms with Gasteiger partial charge in [-0.1, -0.05) is 18.2 Å². The molecule has 0 atom stereocenters. The Morgan fingerprint density at radius 2 is 1.76 bits per heavy atom. The minimum Gasteiger partial charge on any atom is -0.295 e. The molecule has 0 N–H and O–H groups in total. The van der Waals surface area contributed by atoms with Gasteiger partial charge in [-0.3, -0.25) is 9.36 Å². The Hall–Kier alpha value is -2.36. The van der Waals surface area contributed by atoms with Crippen molar-refractivity contribution in [3.63, 3.8) is 0 Å². The molecule has 0 unspecified atom stereocenters. The van der Waals surface area contributed by atoms with E-state index in [9.17, 15) is 4.79 Å². The van der Waals surface area contributed by atoms with E-state index in [2.05, 4.69) is 5.10 Å². The van der Waals surface area contributed by atoms with Crippen LogP contribution in [0.3, 0.4) is 0 Å². The van der Waals surface area contributed by atoms with Gasteiger partial charge in [-0.05, 0) is 43.4 Å². The summed E-state index contributed by atoms with van der Waals surface area (Å²) in [4.78, 5) is 12.6. The molecule has 0 amide bonds. The molecule has 0 saturated carbocycles. The van der Waals surface area contributed by atoms with Crippen molar-refractivity contribution in [2.24, 2.45) is 7.05 Å². The summed E-state index contributed by atoms with van der Waals surface area (Å²) in [5, 5.41) is 5.65. The second-order valence-electron chi connectivity index (χ2n) is 5.66. The fourth-order valence-corrected chi connectivity index (χ4v) is 3.37. The van der Waals surface area contributed by atoms with Gasteiger partial charge in [-0.2, -0.15) is 5.10 Å². The lowest BCUT2D eigenvalue weighted by Gasteiger charge is -2.18. The topological polar surface area (TPSA) is 39.8 Å². The number of nitrogens with zero attached hydrogens (tertiary/aromatic N) is 3. The molecule has 1 aliphatic carbocycles. The van der Waals surface area contributed by atoms with Gasteiger partial charge in [-0.25, -0.2) is 4.68 Å². The highest BCUT2D eigenvalue weighted by molar-refractivity contribution is 5.82. The van der Waals surface area contributed by atoms with E-state index in [4.69, 9.17) is 0 Å². The van der Waals surface area contributed by atoms with Crippen molar-refractivity contribution in [3.05, 3.63) is 58.0 Å². The van der Waals surface area contributed by atoms with E-state index in [1.165, 1.54) is 5.56 Å². The molecule has 2 aromatic heterocycles. The smallest absolute Gasteiger partial charge is 0.255 e. The third-order valence-corrected chi connectivity index (χ3v) is 4.42. The van der Waals surface area contributed by atoms with Crippen LogP contribution in [0.4, 0.5) is 0 Å². The fourth-order valence-electron chi connectivity index (χ4n) is 3.37. The number of aryl methyl sites for hydroxylation is 2. The van der Waals surface area contributed by atoms with Crippen LogP contribution in [0.15, 0.2) is 41.3 Å². The highest BCUT2D eigenvalue weighted by atomic mass is 16.1. The molecule has 0 bridgehead atoms. The van der Waals surface area contributed by atoms with E-state index in [1.807, 2.05) is 48.3 Å². The van der Waals surface area contributed by atoms with Gasteiger partial charge in [0.1, 0.15) is 5.65 Å². The predicted octanol–water partition coefficient (Wildman–Crippen LogP) is 2.60. The molecule has 4 heteroatoms. The molecule has 0 spiro atoms. The van der Waals surface area contributed by atoms with E-state index >= 15 is 0 Å². The normalized spacial score (nSPS) is 14.3. The Morgan fingerprint density at radius 3 is 2.52 bits per heavy atom. The van der Waals surface area contributed by atoms with Gasteiger partial charge < -0.3 is 0 Å². The number of aromatic nitrogens is 3. The maximum absolute atomic E-state index is 12.6. The largest absolute Gasteiger partial charge is 0.295 e. The van der Waals surface area contributed by atoms with Gasteiger partial charge in [-0.15, -0.1) is 0 Å². The zero-order valence-corrected chi connectivity index (χ0v) is 12.0. The summed E-state index contributed by atoms with van der Waals surface area (Å²) >= 11 is 0. The summed E-state index contributed by atoms with van der Waals surface area (Å²) in [6, 6.07) is 9.97. The Bertz CT molecular complexity index is 874. The highest BCUT2D eigenvalue weighted by Gasteiger charge is 2.21. The van der Waals surface area contributed by atoms with Crippen molar-refractivity contribution in [1.29, 1.82) is 0 Å². The highest BCUT2D eigenvalue weighted by Crippen LogP contribution is 2.27. The lowest BCUT2D eigenvalue weighted by Crippen LogP contribution is -2.26. The van der Waals surface area contributed by atoms with E-state index in [1.54, 1.807) is 4.57 Å². The van der Waals surface area contributed by atoms with Crippen LogP contribution in [0, 0.1) is 0 Å². The molecule has 0 saturated heterocycles. The Morgan fingerprint density at radius 1 is 1.05 bits per heavy atom. The first-order chi connectivity index (χ1) is 10.3. The molecule has 2 heterocycles. The summed E-state index contributed by atoms with van der Waals surface area (Å²) in [6.07, 6.45) is 6.06. The second-order valence-corrected chi connectivity index (χ2v) is 5.66. The summed E-state index contributed by atoms with van der Waals surface area (Å²) in [7, 11) is 1.85. The number of hydrogen-bond acceptors (Lipinski definition) is 2. The number of fused-ring (bicyclic) bond motifs is 3. The quantitative estimate of drug-likeness (QED) is 0.687. The molecule has 0 aliphatic heterocycles. The van der Waals surface area contributed by atoms with E-state index in [0.717, 1.165) is 48.0 Å². The van der Waals surface area contributed by atoms with Crippen molar-refractivity contribution in [2.45, 2.75) is 25.7 Å². The van der Waals surface area contributed by atoms with Crippen molar-refractivity contribution in [2.75, 3.05) is 0 Å². The zero-order chi connectivity index (χ0) is 14.4. The van der Waals surface area contributed by atoms with Gasteiger partial charge in [0.2, 0.25) is 0 Å². The van der Waals surface area contributed by atoms with Gasteiger partial charge in [0.15, 0.2) is 0 Å². The predicted molar refractivity (Wildman–Crippen MR) is 83.0 cm³/mol. The maximum Gasteiger partial charge on any atom is 0.255 e. The summed E-state index contributed by atoms with van der Waals surface area (Å²) in [6.45, 7) is 0. The van der Waals surface area contributed by atoms with E-state index < -0.39 is 0 Å². The number of rotatable bonds is 1. The minimum atomic E-state index is 0.134. The summed E-state index contributed by atoms with van der Waals surface area (Å²) < 4.78 is 3.62. The summed E-state index contributed by atoms with van der Waals surface area (Å²) in [5.41, 5.74) is 4.21. The van der Waals surface area contributed by atoms with Crippen molar-refractivity contribution in [1.82, 2.24) is 14.3 Å². The van der Waals surface area contributed by atoms with Crippen LogP contribution < -0.4 is 5.56 Å². The SMILES string of the molecule is Cn1c(=O)c2c(c3cnn(-c4ccccc4)c31)CCCC2. The Labute approximate surface area is 122 Å². The van der Waals surface area contributed by atoms with Gasteiger partial charge in [0, 0.05) is 18.0 Å². The molecule has 3 aromatic rings. The number of pyridine rings is 1. The number of benzene rings is 1. The zero-order valence-electron chi connectivity index (χ0n) is 12.0. The fraction of sp³-hybridized carbons (Fsp3) is 0.294. The first-order valence-corrected chi connectivity index (χ1v) is 7.41. The molecule has 21 heavy (non-hydrogen) atoms. The molecular formula is C17H17N3O. The molecule has 0 radical (unpaired) electrons. The van der Waals surface area contributed by atoms with Crippen LogP contribution in [0.25, 0.3) is 16.7 Å². The maximum atomic E-state index is 12.6. The van der Waals surface area contributed by atoms with Crippen LogP contribution in [0.5, 0.6) is 0 Å². The Balaban J connectivity index is 2.09. The molecule has 1 aromatic carbocycles. The first kappa shape index (κ1) is 12.4. The van der Waals surface area contributed by atoms with Crippen molar-refractivity contribution >= 4 is 11.0 Å². The molecule has 0 fully saturated rings. The van der Waals surface area contributed by atoms with E-state index in [-0.39, 0.29) is 5.56 Å². The molecule has 4 rings (SSSR count). The lowest BCUT2D eigenvalue weighted by molar-refractivity contribution is 0.670. The van der Waals surface area contributed by atoms with Gasteiger partial charge in [0.25, 0.3) is 5.56 Å². The van der Waals surface area contributed by atoms with Gasteiger partial charge in [0.05, 0.1) is 11.9 Å². The first-order valence-electron chi connectivity index (χ1n) is 7.41. The van der Waals surface area contributed by atoms with Crippen LogP contribution in [0.1, 0.15) is 24.0 Å². The summed E-state index contributed by atoms with van der Waals surface area (Å²) in [5.74, 6) is 0. The van der Waals surface area contributed by atoms with Crippen molar-refractivity contribution < 1.29 is 0 Å². The number of hydrogen-bond donors (Lipinski definition) is 0. The van der Waals surface area contributed by atoms with Crippen LogP contribution in [0.2, 0.25) is 0 Å². The average molecular weight is 279 g/mol. The van der Waals surface area contributed by atoms with E-state index in [0.29, 0.717) is 0 Å². The van der Waals surface area contributed by atoms with Crippen LogP contribution in [-0.4, -0.2) is 14.3 Å². The van der Waals surface area contributed by atoms with Gasteiger partial charge >= 0.3 is 0 Å². The monoisotopic (exact) mass is 279 g/mol. The third-order valence-electron chi connectivity index (χ3n) is 4.42.